The molecular weight excluding hydrogens is 366 g/mol. The molecular formula is C19H21N3O2S2. The molecule has 7 heteroatoms. The summed E-state index contributed by atoms with van der Waals surface area (Å²) in [7, 11) is 0. The van der Waals surface area contributed by atoms with Gasteiger partial charge in [-0.05, 0) is 23.5 Å². The summed E-state index contributed by atoms with van der Waals surface area (Å²) in [5.74, 6) is 0.0574. The zero-order chi connectivity index (χ0) is 18.8. The van der Waals surface area contributed by atoms with Crippen molar-refractivity contribution in [2.24, 2.45) is 5.73 Å². The van der Waals surface area contributed by atoms with Gasteiger partial charge in [0.25, 0.3) is 5.56 Å². The van der Waals surface area contributed by atoms with Crippen molar-refractivity contribution < 1.29 is 4.79 Å². The molecule has 1 unspecified atom stereocenters. The Bertz CT molecular complexity index is 990. The summed E-state index contributed by atoms with van der Waals surface area (Å²) in [5, 5.41) is 2.57. The molecule has 2 heterocycles. The van der Waals surface area contributed by atoms with E-state index in [-0.39, 0.29) is 5.56 Å². The van der Waals surface area contributed by atoms with E-state index < -0.39 is 11.2 Å². The molecule has 2 aromatic heterocycles. The highest BCUT2D eigenvalue weighted by Gasteiger charge is 2.18. The molecule has 0 aliphatic rings. The maximum Gasteiger partial charge on any atom is 0.260 e. The largest absolute Gasteiger partial charge is 0.369 e. The molecule has 136 valence electrons. The van der Waals surface area contributed by atoms with Gasteiger partial charge in [0.05, 0.1) is 10.6 Å². The molecule has 0 bridgehead atoms. The first kappa shape index (κ1) is 18.7. The lowest BCUT2D eigenvalue weighted by molar-refractivity contribution is -0.117. The summed E-state index contributed by atoms with van der Waals surface area (Å²) in [6.45, 7) is 6.18. The van der Waals surface area contributed by atoms with E-state index >= 15 is 0 Å². The van der Waals surface area contributed by atoms with Crippen LogP contribution in [0.5, 0.6) is 0 Å². The molecule has 1 atom stereocenters. The number of fused-ring (bicyclic) bond motifs is 1. The van der Waals surface area contributed by atoms with Crippen LogP contribution in [0.3, 0.4) is 0 Å². The lowest BCUT2D eigenvalue weighted by Crippen LogP contribution is -2.25. The van der Waals surface area contributed by atoms with Gasteiger partial charge in [-0.25, -0.2) is 4.98 Å². The smallest absolute Gasteiger partial charge is 0.260 e. The number of hydrogen-bond acceptors (Lipinski definition) is 5. The topological polar surface area (TPSA) is 88.8 Å². The van der Waals surface area contributed by atoms with Crippen LogP contribution in [0.1, 0.15) is 38.7 Å². The highest BCUT2D eigenvalue weighted by molar-refractivity contribution is 8.00. The number of H-pyrrole nitrogens is 1. The number of aromatic amines is 1. The minimum atomic E-state index is -0.405. The number of hydrogen-bond donors (Lipinski definition) is 2. The maximum absolute atomic E-state index is 12.7. The Morgan fingerprint density at radius 2 is 2.00 bits per heavy atom. The van der Waals surface area contributed by atoms with Gasteiger partial charge < -0.3 is 10.7 Å². The van der Waals surface area contributed by atoms with E-state index in [9.17, 15) is 9.59 Å². The zero-order valence-corrected chi connectivity index (χ0v) is 16.5. The highest BCUT2D eigenvalue weighted by Crippen LogP contribution is 2.33. The van der Waals surface area contributed by atoms with Gasteiger partial charge in [0.1, 0.15) is 4.83 Å². The molecule has 0 aliphatic carbocycles. The number of carbonyl (C=O) groups excluding carboxylic acids is 1. The van der Waals surface area contributed by atoms with Gasteiger partial charge in [-0.3, -0.25) is 9.59 Å². The van der Waals surface area contributed by atoms with E-state index in [0.29, 0.717) is 27.7 Å². The molecule has 3 N–H and O–H groups in total. The van der Waals surface area contributed by atoms with E-state index in [0.717, 1.165) is 11.1 Å². The first-order valence-corrected chi connectivity index (χ1v) is 10.2. The number of nitrogens with one attached hydrogen (secondary N) is 1. The number of benzene rings is 1. The van der Waals surface area contributed by atoms with Crippen molar-refractivity contribution in [2.75, 3.05) is 0 Å². The van der Waals surface area contributed by atoms with Crippen molar-refractivity contribution in [1.29, 1.82) is 0 Å². The summed E-state index contributed by atoms with van der Waals surface area (Å²) in [6.07, 6.45) is 0.583. The van der Waals surface area contributed by atoms with Crippen LogP contribution in [0, 0.1) is 0 Å². The average Bonchev–Trinajstić information content (AvgIpc) is 3.04. The number of aromatic nitrogens is 2. The number of primary amides is 1. The monoisotopic (exact) mass is 387 g/mol. The average molecular weight is 388 g/mol. The molecule has 0 saturated heterocycles. The number of thiophene rings is 1. The fraction of sp³-hybridized carbons (Fsp3) is 0.316. The third-order valence-electron chi connectivity index (χ3n) is 4.25. The summed E-state index contributed by atoms with van der Waals surface area (Å²) >= 11 is 2.63. The van der Waals surface area contributed by atoms with Crippen molar-refractivity contribution in [3.05, 3.63) is 45.6 Å². The third-order valence-corrected chi connectivity index (χ3v) is 6.39. The number of nitrogens with zero attached hydrogens (tertiary/aromatic N) is 1. The molecule has 0 radical (unpaired) electrons. The van der Waals surface area contributed by atoms with Crippen LogP contribution in [-0.4, -0.2) is 21.1 Å². The van der Waals surface area contributed by atoms with E-state index in [1.165, 1.54) is 28.7 Å². The Balaban J connectivity index is 2.00. The van der Waals surface area contributed by atoms with Gasteiger partial charge in [0, 0.05) is 10.9 Å². The molecule has 0 fully saturated rings. The molecule has 3 aromatic rings. The van der Waals surface area contributed by atoms with Crippen LogP contribution in [-0.2, 0) is 4.79 Å². The summed E-state index contributed by atoms with van der Waals surface area (Å²) < 4.78 is 0. The van der Waals surface area contributed by atoms with Gasteiger partial charge >= 0.3 is 0 Å². The Kier molecular flexibility index (Phi) is 5.48. The SMILES string of the molecule is CCC(Sc1nc2scc(-c3ccc(C(C)C)cc3)c2c(=O)[nH]1)C(N)=O. The highest BCUT2D eigenvalue weighted by atomic mass is 32.2. The maximum atomic E-state index is 12.7. The molecule has 5 nitrogen and oxygen atoms in total. The van der Waals surface area contributed by atoms with Crippen molar-refractivity contribution in [3.63, 3.8) is 0 Å². The van der Waals surface area contributed by atoms with Gasteiger partial charge in [-0.2, -0.15) is 0 Å². The molecule has 3 rings (SSSR count). The second-order valence-corrected chi connectivity index (χ2v) is 8.44. The van der Waals surface area contributed by atoms with Crippen molar-refractivity contribution in [2.45, 2.75) is 43.5 Å². The van der Waals surface area contributed by atoms with E-state index in [1.807, 2.05) is 24.4 Å². The van der Waals surface area contributed by atoms with Gasteiger partial charge in [-0.15, -0.1) is 11.3 Å². The number of carbonyl (C=O) groups is 1. The zero-order valence-electron chi connectivity index (χ0n) is 14.9. The van der Waals surface area contributed by atoms with Crippen LogP contribution in [0.2, 0.25) is 0 Å². The van der Waals surface area contributed by atoms with Crippen LogP contribution < -0.4 is 11.3 Å². The van der Waals surface area contributed by atoms with Gasteiger partial charge in [0.2, 0.25) is 5.91 Å². The van der Waals surface area contributed by atoms with Crippen molar-refractivity contribution in [1.82, 2.24) is 9.97 Å². The van der Waals surface area contributed by atoms with Gasteiger partial charge in [0.15, 0.2) is 5.16 Å². The first-order valence-electron chi connectivity index (χ1n) is 8.48. The second kappa shape index (κ2) is 7.63. The van der Waals surface area contributed by atoms with Gasteiger partial charge in [-0.1, -0.05) is 56.8 Å². The fourth-order valence-corrected chi connectivity index (χ4v) is 4.58. The first-order chi connectivity index (χ1) is 12.4. The van der Waals surface area contributed by atoms with E-state index in [2.05, 4.69) is 35.9 Å². The predicted octanol–water partition coefficient (Wildman–Crippen LogP) is 4.13. The minimum Gasteiger partial charge on any atom is -0.369 e. The minimum absolute atomic E-state index is 0.194. The predicted molar refractivity (Wildman–Crippen MR) is 109 cm³/mol. The van der Waals surface area contributed by atoms with Crippen LogP contribution in [0.15, 0.2) is 39.6 Å². The molecule has 0 spiro atoms. The Morgan fingerprint density at radius 3 is 2.58 bits per heavy atom. The Labute approximate surface area is 160 Å². The van der Waals surface area contributed by atoms with Crippen LogP contribution >= 0.6 is 23.1 Å². The standard InChI is InChI=1S/C19H21N3O2S2/c1-4-14(16(20)23)26-19-21-17(24)15-13(9-25-18(15)22-19)12-7-5-11(6-8-12)10(2)3/h5-10,14H,4H2,1-3H3,(H2,20,23)(H,21,22,24). The molecule has 0 aliphatic heterocycles. The van der Waals surface area contributed by atoms with Crippen molar-refractivity contribution >= 4 is 39.2 Å². The lowest BCUT2D eigenvalue weighted by Gasteiger charge is -2.09. The number of rotatable bonds is 6. The number of nitrogens with two attached hydrogens (primary N) is 1. The number of amides is 1. The summed E-state index contributed by atoms with van der Waals surface area (Å²) in [4.78, 5) is 32.1. The Hall–Kier alpha value is -2.12. The second-order valence-electron chi connectivity index (χ2n) is 6.39. The fourth-order valence-electron chi connectivity index (χ4n) is 2.72. The number of thioether (sulfide) groups is 1. The normalized spacial score (nSPS) is 12.6. The molecule has 1 aromatic carbocycles. The van der Waals surface area contributed by atoms with E-state index in [4.69, 9.17) is 5.73 Å². The lowest BCUT2D eigenvalue weighted by atomic mass is 9.99. The van der Waals surface area contributed by atoms with Crippen molar-refractivity contribution in [3.8, 4) is 11.1 Å². The third kappa shape index (κ3) is 3.68. The Morgan fingerprint density at radius 1 is 1.31 bits per heavy atom. The summed E-state index contributed by atoms with van der Waals surface area (Å²) in [6, 6.07) is 8.26. The quantitative estimate of drug-likeness (QED) is 0.492. The summed E-state index contributed by atoms with van der Waals surface area (Å²) in [5.41, 5.74) is 8.33. The van der Waals surface area contributed by atoms with Crippen LogP contribution in [0.4, 0.5) is 0 Å². The van der Waals surface area contributed by atoms with E-state index in [1.54, 1.807) is 0 Å². The van der Waals surface area contributed by atoms with Crippen LogP contribution in [0.25, 0.3) is 21.3 Å². The molecule has 1 amide bonds. The molecule has 0 saturated carbocycles. The molecule has 26 heavy (non-hydrogen) atoms.